The highest BCUT2D eigenvalue weighted by atomic mass is 32.2. The molecule has 0 radical (unpaired) electrons. The number of hydrogen-bond donors (Lipinski definition) is 0. The Kier molecular flexibility index (Phi) is 28.4. The summed E-state index contributed by atoms with van der Waals surface area (Å²) >= 11 is 4.39. The molecule has 0 aliphatic heterocycles. The summed E-state index contributed by atoms with van der Waals surface area (Å²) in [6.07, 6.45) is 29.1. The van der Waals surface area contributed by atoms with Crippen molar-refractivity contribution in [1.29, 1.82) is 0 Å². The van der Waals surface area contributed by atoms with E-state index in [1.54, 1.807) is 0 Å². The molecule has 0 rings (SSSR count). The van der Waals surface area contributed by atoms with Crippen LogP contribution in [0.4, 0.5) is 0 Å². The van der Waals surface area contributed by atoms with E-state index in [9.17, 15) is 0 Å². The Morgan fingerprint density at radius 1 is 0.286 bits per heavy atom. The zero-order valence-corrected chi connectivity index (χ0v) is 21.4. The van der Waals surface area contributed by atoms with Crippen LogP contribution in [-0.2, 0) is 0 Å². The molecule has 0 heterocycles. The first-order valence-corrected chi connectivity index (χ1v) is 15.4. The molecule has 0 saturated carbocycles. The monoisotopic (exact) mass is 430 g/mol. The smallest absolute Gasteiger partial charge is 0.00235 e. The SMILES string of the molecule is CCCCCCCCCCCCSCCSCCCCCCCCCCCC. The summed E-state index contributed by atoms with van der Waals surface area (Å²) in [7, 11) is 0. The van der Waals surface area contributed by atoms with Gasteiger partial charge in [0.2, 0.25) is 0 Å². The molecule has 170 valence electrons. The molecule has 0 aromatic rings. The van der Waals surface area contributed by atoms with Crippen LogP contribution in [0.1, 0.15) is 142 Å². The van der Waals surface area contributed by atoms with Crippen molar-refractivity contribution < 1.29 is 0 Å². The first kappa shape index (κ1) is 28.7. The fourth-order valence-corrected chi connectivity index (χ4v) is 5.87. The molecule has 0 spiro atoms. The third kappa shape index (κ3) is 26.7. The summed E-state index contributed by atoms with van der Waals surface area (Å²) in [5.74, 6) is 5.55. The van der Waals surface area contributed by atoms with Crippen LogP contribution in [-0.4, -0.2) is 23.0 Å². The Morgan fingerprint density at radius 2 is 0.536 bits per heavy atom. The highest BCUT2D eigenvalue weighted by molar-refractivity contribution is 8.02. The second kappa shape index (κ2) is 27.7. The van der Waals surface area contributed by atoms with Gasteiger partial charge in [-0.05, 0) is 24.3 Å². The first-order chi connectivity index (χ1) is 13.9. The van der Waals surface area contributed by atoms with Crippen molar-refractivity contribution in [2.45, 2.75) is 142 Å². The lowest BCUT2D eigenvalue weighted by Gasteiger charge is -2.04. The summed E-state index contributed by atoms with van der Waals surface area (Å²) in [4.78, 5) is 0. The molecule has 0 fully saturated rings. The first-order valence-electron chi connectivity index (χ1n) is 13.1. The minimum atomic E-state index is 1.37. The fraction of sp³-hybridized carbons (Fsp3) is 1.00. The fourth-order valence-electron chi connectivity index (χ4n) is 3.71. The van der Waals surface area contributed by atoms with E-state index in [1.807, 2.05) is 0 Å². The lowest BCUT2D eigenvalue weighted by molar-refractivity contribution is 0.563. The normalized spacial score (nSPS) is 11.4. The maximum Gasteiger partial charge on any atom is 0.00235 e. The molecule has 0 aliphatic carbocycles. The lowest BCUT2D eigenvalue weighted by Crippen LogP contribution is -1.90. The Balaban J connectivity index is 2.96. The van der Waals surface area contributed by atoms with Gasteiger partial charge in [0.05, 0.1) is 0 Å². The average molecular weight is 431 g/mol. The summed E-state index contributed by atoms with van der Waals surface area (Å²) < 4.78 is 0. The molecular formula is C26H54S2. The van der Waals surface area contributed by atoms with E-state index in [-0.39, 0.29) is 0 Å². The van der Waals surface area contributed by atoms with Gasteiger partial charge >= 0.3 is 0 Å². The lowest BCUT2D eigenvalue weighted by atomic mass is 10.1. The molecule has 0 N–H and O–H groups in total. The quantitative estimate of drug-likeness (QED) is 0.132. The van der Waals surface area contributed by atoms with Gasteiger partial charge in [0.1, 0.15) is 0 Å². The Morgan fingerprint density at radius 3 is 0.821 bits per heavy atom. The minimum Gasteiger partial charge on any atom is -0.161 e. The van der Waals surface area contributed by atoms with Crippen LogP contribution < -0.4 is 0 Å². The predicted molar refractivity (Wildman–Crippen MR) is 138 cm³/mol. The van der Waals surface area contributed by atoms with Crippen LogP contribution in [0.15, 0.2) is 0 Å². The average Bonchev–Trinajstić information content (AvgIpc) is 2.71. The van der Waals surface area contributed by atoms with Crippen molar-refractivity contribution in [3.8, 4) is 0 Å². The van der Waals surface area contributed by atoms with Gasteiger partial charge in [-0.3, -0.25) is 0 Å². The summed E-state index contributed by atoms with van der Waals surface area (Å²) in [6, 6.07) is 0. The van der Waals surface area contributed by atoms with Gasteiger partial charge < -0.3 is 0 Å². The molecule has 0 aromatic heterocycles. The molecule has 0 amide bonds. The summed E-state index contributed by atoms with van der Waals surface area (Å²) in [5.41, 5.74) is 0. The zero-order chi connectivity index (χ0) is 20.4. The van der Waals surface area contributed by atoms with Crippen LogP contribution in [0.2, 0.25) is 0 Å². The Labute approximate surface area is 188 Å². The van der Waals surface area contributed by atoms with Crippen LogP contribution >= 0.6 is 23.5 Å². The number of unbranched alkanes of at least 4 members (excludes halogenated alkanes) is 18. The van der Waals surface area contributed by atoms with Gasteiger partial charge in [0.15, 0.2) is 0 Å². The molecule has 28 heavy (non-hydrogen) atoms. The van der Waals surface area contributed by atoms with Gasteiger partial charge in [-0.2, -0.15) is 23.5 Å². The van der Waals surface area contributed by atoms with Gasteiger partial charge in [-0.1, -0.05) is 129 Å². The largest absolute Gasteiger partial charge is 0.161 e. The van der Waals surface area contributed by atoms with Crippen molar-refractivity contribution >= 4 is 23.5 Å². The van der Waals surface area contributed by atoms with Crippen molar-refractivity contribution in [1.82, 2.24) is 0 Å². The van der Waals surface area contributed by atoms with E-state index in [0.29, 0.717) is 0 Å². The van der Waals surface area contributed by atoms with Gasteiger partial charge in [-0.15, -0.1) is 0 Å². The van der Waals surface area contributed by atoms with Crippen molar-refractivity contribution in [3.05, 3.63) is 0 Å². The molecule has 0 atom stereocenters. The number of rotatable bonds is 25. The van der Waals surface area contributed by atoms with E-state index in [1.165, 1.54) is 151 Å². The van der Waals surface area contributed by atoms with E-state index in [2.05, 4.69) is 37.4 Å². The second-order valence-electron chi connectivity index (χ2n) is 8.59. The maximum atomic E-state index is 2.30. The van der Waals surface area contributed by atoms with Gasteiger partial charge in [-0.25, -0.2) is 0 Å². The molecule has 0 aromatic carbocycles. The van der Waals surface area contributed by atoms with Gasteiger partial charge in [0.25, 0.3) is 0 Å². The van der Waals surface area contributed by atoms with Crippen LogP contribution in [0, 0.1) is 0 Å². The van der Waals surface area contributed by atoms with Crippen LogP contribution in [0.5, 0.6) is 0 Å². The van der Waals surface area contributed by atoms with Crippen molar-refractivity contribution in [2.24, 2.45) is 0 Å². The molecule has 0 unspecified atom stereocenters. The van der Waals surface area contributed by atoms with Crippen LogP contribution in [0.3, 0.4) is 0 Å². The highest BCUT2D eigenvalue weighted by Crippen LogP contribution is 2.15. The summed E-state index contributed by atoms with van der Waals surface area (Å²) in [5, 5.41) is 0. The highest BCUT2D eigenvalue weighted by Gasteiger charge is 1.96. The van der Waals surface area contributed by atoms with E-state index < -0.39 is 0 Å². The van der Waals surface area contributed by atoms with E-state index >= 15 is 0 Å². The molecular weight excluding hydrogens is 376 g/mol. The minimum absolute atomic E-state index is 1.37. The number of thioether (sulfide) groups is 2. The molecule has 0 bridgehead atoms. The Bertz CT molecular complexity index is 229. The second-order valence-corrected chi connectivity index (χ2v) is 11.0. The number of hydrogen-bond acceptors (Lipinski definition) is 2. The van der Waals surface area contributed by atoms with E-state index in [4.69, 9.17) is 0 Å². The molecule has 0 saturated heterocycles. The predicted octanol–water partition coefficient (Wildman–Crippen LogP) is 10.3. The van der Waals surface area contributed by atoms with Crippen LogP contribution in [0.25, 0.3) is 0 Å². The molecule has 2 heteroatoms. The summed E-state index contributed by atoms with van der Waals surface area (Å²) in [6.45, 7) is 4.60. The standard InChI is InChI=1S/C26H54S2/c1-3-5-7-9-11-13-15-17-19-21-23-27-25-26-28-24-22-20-18-16-14-12-10-8-6-4-2/h3-26H2,1-2H3. The van der Waals surface area contributed by atoms with Crippen molar-refractivity contribution in [3.63, 3.8) is 0 Å². The third-order valence-corrected chi connectivity index (χ3v) is 8.06. The maximum absolute atomic E-state index is 2.30. The molecule has 0 aliphatic rings. The topological polar surface area (TPSA) is 0 Å². The van der Waals surface area contributed by atoms with E-state index in [0.717, 1.165) is 0 Å². The zero-order valence-electron chi connectivity index (χ0n) is 19.8. The van der Waals surface area contributed by atoms with Gasteiger partial charge in [0, 0.05) is 11.5 Å². The third-order valence-electron chi connectivity index (χ3n) is 5.66. The Hall–Kier alpha value is 0.700. The van der Waals surface area contributed by atoms with Crippen molar-refractivity contribution in [2.75, 3.05) is 23.0 Å². The molecule has 0 nitrogen and oxygen atoms in total.